The first-order valence-corrected chi connectivity index (χ1v) is 19.8. The third-order valence-corrected chi connectivity index (χ3v) is 11.7. The number of esters is 1. The fraction of sp³-hybridized carbons (Fsp3) is 0.756. The van der Waals surface area contributed by atoms with E-state index in [0.717, 1.165) is 95.5 Å². The van der Waals surface area contributed by atoms with Crippen molar-refractivity contribution in [3.63, 3.8) is 0 Å². The molecule has 3 aliphatic rings. The number of amides is 1. The van der Waals surface area contributed by atoms with Gasteiger partial charge in [-0.3, -0.25) is 14.4 Å². The summed E-state index contributed by atoms with van der Waals surface area (Å²) in [4.78, 5) is 49.6. The first kappa shape index (κ1) is 39.8. The molecule has 2 unspecified atom stereocenters. The summed E-state index contributed by atoms with van der Waals surface area (Å²) >= 11 is 0. The second-order valence-corrected chi connectivity index (χ2v) is 15.2. The van der Waals surface area contributed by atoms with Crippen molar-refractivity contribution in [2.24, 2.45) is 29.6 Å². The molecule has 280 valence electrons. The van der Waals surface area contributed by atoms with Crippen LogP contribution in [0.2, 0.25) is 0 Å². The number of ether oxygens (including phenoxy) is 2. The summed E-state index contributed by atoms with van der Waals surface area (Å²) in [7, 11) is 0. The van der Waals surface area contributed by atoms with Crippen LogP contribution in [0.3, 0.4) is 0 Å². The summed E-state index contributed by atoms with van der Waals surface area (Å²) in [5.41, 5.74) is 2.23. The number of nitrogens with one attached hydrogen (secondary N) is 1. The van der Waals surface area contributed by atoms with Crippen LogP contribution in [0.4, 0.5) is 0 Å². The van der Waals surface area contributed by atoms with E-state index in [-0.39, 0.29) is 36.4 Å². The normalized spacial score (nSPS) is 24.9. The Morgan fingerprint density at radius 2 is 1.68 bits per heavy atom. The number of ketones is 1. The molecule has 3 aliphatic carbocycles. The van der Waals surface area contributed by atoms with E-state index in [4.69, 9.17) is 14.6 Å². The Balaban J connectivity index is 1.29. The number of hydrogen-bond donors (Lipinski definition) is 3. The maximum absolute atomic E-state index is 13.7. The van der Waals surface area contributed by atoms with Gasteiger partial charge in [-0.2, -0.15) is 0 Å². The molecule has 0 aromatic heterocycles. The average molecular weight is 698 g/mol. The lowest BCUT2D eigenvalue weighted by Gasteiger charge is -2.33. The molecule has 4 rings (SSSR count). The minimum atomic E-state index is -1.000. The van der Waals surface area contributed by atoms with E-state index in [0.29, 0.717) is 68.4 Å². The molecular formula is C41H63NO8. The Hall–Kier alpha value is -2.94. The quantitative estimate of drug-likeness (QED) is 0.0843. The van der Waals surface area contributed by atoms with Crippen LogP contribution in [-0.2, 0) is 36.8 Å². The van der Waals surface area contributed by atoms with Gasteiger partial charge in [0.1, 0.15) is 17.6 Å². The predicted octanol–water partition coefficient (Wildman–Crippen LogP) is 7.38. The van der Waals surface area contributed by atoms with Gasteiger partial charge in [0.05, 0.1) is 17.9 Å². The van der Waals surface area contributed by atoms with E-state index >= 15 is 0 Å². The fourth-order valence-electron chi connectivity index (χ4n) is 8.82. The molecule has 1 amide bonds. The maximum atomic E-state index is 13.7. The number of carboxylic acids is 1. The van der Waals surface area contributed by atoms with E-state index in [2.05, 4.69) is 18.3 Å². The number of hydrogen-bond acceptors (Lipinski definition) is 7. The molecule has 1 aromatic carbocycles. The van der Waals surface area contributed by atoms with Crippen molar-refractivity contribution in [2.45, 2.75) is 154 Å². The third-order valence-electron chi connectivity index (χ3n) is 11.7. The van der Waals surface area contributed by atoms with Crippen molar-refractivity contribution in [3.8, 4) is 5.75 Å². The number of carboxylic acid groups (broad SMARTS) is 1. The fourth-order valence-corrected chi connectivity index (χ4v) is 8.82. The second-order valence-electron chi connectivity index (χ2n) is 15.2. The van der Waals surface area contributed by atoms with Crippen LogP contribution < -0.4 is 10.1 Å². The van der Waals surface area contributed by atoms with Crippen molar-refractivity contribution in [1.82, 2.24) is 5.32 Å². The van der Waals surface area contributed by atoms with Gasteiger partial charge in [-0.25, -0.2) is 4.79 Å². The number of unbranched alkanes of at least 4 members (excludes halogenated alkanes) is 6. The summed E-state index contributed by atoms with van der Waals surface area (Å²) in [6.45, 7) is 4.31. The van der Waals surface area contributed by atoms with Gasteiger partial charge < -0.3 is 25.0 Å². The van der Waals surface area contributed by atoms with Crippen LogP contribution >= 0.6 is 0 Å². The van der Waals surface area contributed by atoms with Crippen molar-refractivity contribution < 1.29 is 38.9 Å². The Morgan fingerprint density at radius 1 is 0.920 bits per heavy atom. The van der Waals surface area contributed by atoms with Crippen LogP contribution in [0, 0.1) is 29.6 Å². The van der Waals surface area contributed by atoms with Crippen LogP contribution in [0.5, 0.6) is 5.75 Å². The van der Waals surface area contributed by atoms with Crippen LogP contribution in [-0.4, -0.2) is 59.2 Å². The molecule has 1 aromatic rings. The minimum Gasteiger partial charge on any atom is -0.482 e. The standard InChI is InChI=1S/C41H63NO8/c1-3-5-9-17-31(21-22-32-35-24-28-15-14-20-38(49-27-39(45)46)36(28)25-29(35)26-37(32)44)50-41(48)34-19-12-11-18-33(34)40(47)42-23-13-8-6-7-10-16-30(43)4-2/h14-15,20,29,31-35,37,44H,3-13,16-19,21-27H2,1-2H3,(H,42,47)(H,45,46)/t29-,31-,32+,33?,34?,35-,37+/m0/s1. The number of Topliss-reactive ketones (excluding diaryl/α,β-unsaturated/α-hetero) is 1. The number of fused-ring (bicyclic) bond motifs is 2. The minimum absolute atomic E-state index is 0.0306. The lowest BCUT2D eigenvalue weighted by molar-refractivity contribution is -0.160. The lowest BCUT2D eigenvalue weighted by Crippen LogP contribution is -2.41. The number of carbonyl (C=O) groups excluding carboxylic acids is 3. The molecule has 2 saturated carbocycles. The summed E-state index contributed by atoms with van der Waals surface area (Å²) in [6.07, 6.45) is 16.5. The number of carbonyl (C=O) groups is 4. The summed E-state index contributed by atoms with van der Waals surface area (Å²) in [5.74, 6) is -0.353. The number of rotatable bonds is 22. The Morgan fingerprint density at radius 3 is 2.44 bits per heavy atom. The molecule has 3 N–H and O–H groups in total. The van der Waals surface area contributed by atoms with Crippen LogP contribution in [0.25, 0.3) is 0 Å². The molecule has 0 aliphatic heterocycles. The van der Waals surface area contributed by atoms with Crippen molar-refractivity contribution in [3.05, 3.63) is 29.3 Å². The smallest absolute Gasteiger partial charge is 0.341 e. The Bertz CT molecular complexity index is 1250. The highest BCUT2D eigenvalue weighted by molar-refractivity contribution is 5.85. The highest BCUT2D eigenvalue weighted by atomic mass is 16.5. The molecule has 0 heterocycles. The maximum Gasteiger partial charge on any atom is 0.341 e. The summed E-state index contributed by atoms with van der Waals surface area (Å²) in [5, 5.41) is 23.5. The second kappa shape index (κ2) is 20.8. The molecule has 7 atom stereocenters. The summed E-state index contributed by atoms with van der Waals surface area (Å²) in [6, 6.07) is 5.84. The van der Waals surface area contributed by atoms with Gasteiger partial charge in [-0.15, -0.1) is 0 Å². The first-order chi connectivity index (χ1) is 24.2. The van der Waals surface area contributed by atoms with Gasteiger partial charge >= 0.3 is 11.9 Å². The average Bonchev–Trinajstić information content (AvgIpc) is 3.42. The zero-order valence-corrected chi connectivity index (χ0v) is 30.7. The van der Waals surface area contributed by atoms with Crippen molar-refractivity contribution in [2.75, 3.05) is 13.2 Å². The van der Waals surface area contributed by atoms with Crippen molar-refractivity contribution >= 4 is 23.6 Å². The molecule has 9 nitrogen and oxygen atoms in total. The zero-order chi connectivity index (χ0) is 35.9. The van der Waals surface area contributed by atoms with Gasteiger partial charge in [0.25, 0.3) is 0 Å². The SMILES string of the molecule is CCCCC[C@@H](CC[C@@H]1[C@H]2Cc3cccc(OCC(=O)O)c3C[C@H]2C[C@H]1O)OC(=O)C1CCCCC1C(=O)NCCCCCCCC(=O)CC. The van der Waals surface area contributed by atoms with E-state index in [1.54, 1.807) is 0 Å². The first-order valence-electron chi connectivity index (χ1n) is 19.8. The van der Waals surface area contributed by atoms with Gasteiger partial charge in [0.2, 0.25) is 5.91 Å². The molecule has 9 heteroatoms. The van der Waals surface area contributed by atoms with E-state index in [9.17, 15) is 24.3 Å². The van der Waals surface area contributed by atoms with Crippen LogP contribution in [0.15, 0.2) is 18.2 Å². The summed E-state index contributed by atoms with van der Waals surface area (Å²) < 4.78 is 11.9. The largest absolute Gasteiger partial charge is 0.482 e. The molecule has 0 spiro atoms. The molecule has 0 saturated heterocycles. The predicted molar refractivity (Wildman–Crippen MR) is 193 cm³/mol. The van der Waals surface area contributed by atoms with E-state index < -0.39 is 18.0 Å². The topological polar surface area (TPSA) is 139 Å². The number of aliphatic hydroxyl groups excluding tert-OH is 1. The third kappa shape index (κ3) is 11.8. The number of aliphatic hydroxyl groups is 1. The molecule has 0 radical (unpaired) electrons. The van der Waals surface area contributed by atoms with Gasteiger partial charge in [-0.1, -0.05) is 70.9 Å². The molecule has 50 heavy (non-hydrogen) atoms. The monoisotopic (exact) mass is 697 g/mol. The number of aliphatic carboxylic acids is 1. The zero-order valence-electron chi connectivity index (χ0n) is 30.7. The Labute approximate surface area is 299 Å². The van der Waals surface area contributed by atoms with Crippen molar-refractivity contribution in [1.29, 1.82) is 0 Å². The lowest BCUT2D eigenvalue weighted by atomic mass is 9.73. The van der Waals surface area contributed by atoms with E-state index in [1.165, 1.54) is 5.56 Å². The highest BCUT2D eigenvalue weighted by Gasteiger charge is 2.45. The van der Waals surface area contributed by atoms with E-state index in [1.807, 2.05) is 19.1 Å². The van der Waals surface area contributed by atoms with Gasteiger partial charge in [0.15, 0.2) is 6.61 Å². The van der Waals surface area contributed by atoms with Gasteiger partial charge in [0, 0.05) is 19.4 Å². The Kier molecular flexibility index (Phi) is 16.6. The number of benzene rings is 1. The molecular weight excluding hydrogens is 634 g/mol. The van der Waals surface area contributed by atoms with Gasteiger partial charge in [-0.05, 0) is 106 Å². The van der Waals surface area contributed by atoms with Crippen LogP contribution in [0.1, 0.15) is 141 Å². The molecule has 0 bridgehead atoms. The molecule has 2 fully saturated rings. The highest BCUT2D eigenvalue weighted by Crippen LogP contribution is 2.48.